The highest BCUT2D eigenvalue weighted by molar-refractivity contribution is 6.01. The predicted molar refractivity (Wildman–Crippen MR) is 104 cm³/mol. The van der Waals surface area contributed by atoms with Gasteiger partial charge in [-0.2, -0.15) is 0 Å². The lowest BCUT2D eigenvalue weighted by molar-refractivity contribution is -0.130. The van der Waals surface area contributed by atoms with Crippen molar-refractivity contribution < 1.29 is 14.4 Å². The van der Waals surface area contributed by atoms with E-state index in [4.69, 9.17) is 0 Å². The quantitative estimate of drug-likeness (QED) is 0.669. The van der Waals surface area contributed by atoms with Crippen molar-refractivity contribution in [1.29, 1.82) is 0 Å². The third-order valence-electron chi connectivity index (χ3n) is 4.27. The standard InChI is InChI=1S/C20H22N4O3/c1-13-10-14(11-18(25)21-13)19(26)22-16-8-5-9-17(12-16)24-20(27)23-15-6-3-2-4-7-15/h2-9,12-14H,10-11H2,1H3,(H,21,25)(H,22,26)(H2,23,24,27)/t13-,14+/m1/s1. The molecule has 0 aromatic heterocycles. The number of piperidine rings is 1. The monoisotopic (exact) mass is 366 g/mol. The van der Waals surface area contributed by atoms with Crippen LogP contribution in [-0.4, -0.2) is 23.9 Å². The van der Waals surface area contributed by atoms with Crippen LogP contribution in [0.4, 0.5) is 21.9 Å². The summed E-state index contributed by atoms with van der Waals surface area (Å²) in [5, 5.41) is 11.1. The van der Waals surface area contributed by atoms with E-state index in [-0.39, 0.29) is 36.2 Å². The summed E-state index contributed by atoms with van der Waals surface area (Å²) in [5.74, 6) is -0.656. The number of hydrogen-bond acceptors (Lipinski definition) is 3. The molecule has 1 fully saturated rings. The van der Waals surface area contributed by atoms with Gasteiger partial charge >= 0.3 is 6.03 Å². The number of carbonyl (C=O) groups is 3. The second kappa shape index (κ2) is 8.35. The minimum atomic E-state index is -0.373. The lowest BCUT2D eigenvalue weighted by atomic mass is 9.92. The van der Waals surface area contributed by atoms with Crippen molar-refractivity contribution in [3.63, 3.8) is 0 Å². The average Bonchev–Trinajstić information content (AvgIpc) is 2.62. The Balaban J connectivity index is 1.59. The first-order valence-electron chi connectivity index (χ1n) is 8.83. The Morgan fingerprint density at radius 1 is 0.926 bits per heavy atom. The molecule has 27 heavy (non-hydrogen) atoms. The molecule has 1 aliphatic heterocycles. The fourth-order valence-corrected chi connectivity index (χ4v) is 3.06. The molecule has 140 valence electrons. The number of amides is 4. The van der Waals surface area contributed by atoms with Crippen LogP contribution in [-0.2, 0) is 9.59 Å². The number of benzene rings is 2. The smallest absolute Gasteiger partial charge is 0.323 e. The maximum Gasteiger partial charge on any atom is 0.323 e. The minimum absolute atomic E-state index is 0.0170. The zero-order chi connectivity index (χ0) is 19.2. The van der Waals surface area contributed by atoms with Crippen LogP contribution in [0.3, 0.4) is 0 Å². The lowest BCUT2D eigenvalue weighted by Gasteiger charge is -2.26. The SMILES string of the molecule is C[C@@H]1C[C@H](C(=O)Nc2cccc(NC(=O)Nc3ccccc3)c2)CC(=O)N1. The van der Waals surface area contributed by atoms with Crippen molar-refractivity contribution in [2.24, 2.45) is 5.92 Å². The molecule has 1 heterocycles. The van der Waals surface area contributed by atoms with Gasteiger partial charge in [0.1, 0.15) is 0 Å². The molecule has 2 aromatic rings. The maximum absolute atomic E-state index is 12.4. The van der Waals surface area contributed by atoms with Crippen molar-refractivity contribution in [3.8, 4) is 0 Å². The van der Waals surface area contributed by atoms with Gasteiger partial charge in [0.25, 0.3) is 0 Å². The Bertz CT molecular complexity index is 838. The van der Waals surface area contributed by atoms with Crippen LogP contribution in [0.1, 0.15) is 19.8 Å². The van der Waals surface area contributed by atoms with Gasteiger partial charge in [-0.15, -0.1) is 0 Å². The van der Waals surface area contributed by atoms with Gasteiger partial charge in [-0.1, -0.05) is 24.3 Å². The van der Waals surface area contributed by atoms with Gasteiger partial charge in [0.2, 0.25) is 11.8 Å². The molecule has 4 N–H and O–H groups in total. The zero-order valence-electron chi connectivity index (χ0n) is 15.0. The van der Waals surface area contributed by atoms with Crippen molar-refractivity contribution in [3.05, 3.63) is 54.6 Å². The summed E-state index contributed by atoms with van der Waals surface area (Å²) in [6, 6.07) is 15.6. The summed E-state index contributed by atoms with van der Waals surface area (Å²) in [5.41, 5.74) is 1.80. The Morgan fingerprint density at radius 3 is 2.26 bits per heavy atom. The van der Waals surface area contributed by atoms with Crippen molar-refractivity contribution in [2.75, 3.05) is 16.0 Å². The molecule has 7 heteroatoms. The molecule has 0 spiro atoms. The van der Waals surface area contributed by atoms with Crippen LogP contribution in [0.25, 0.3) is 0 Å². The van der Waals surface area contributed by atoms with Gasteiger partial charge < -0.3 is 21.3 Å². The molecule has 0 bridgehead atoms. The second-order valence-corrected chi connectivity index (χ2v) is 6.62. The molecule has 0 aliphatic carbocycles. The Labute approximate surface area is 157 Å². The molecule has 1 aliphatic rings. The molecule has 0 radical (unpaired) electrons. The molecule has 1 saturated heterocycles. The molecular formula is C20H22N4O3. The third kappa shape index (κ3) is 5.31. The van der Waals surface area contributed by atoms with Crippen LogP contribution in [0.15, 0.2) is 54.6 Å². The molecule has 2 aromatic carbocycles. The third-order valence-corrected chi connectivity index (χ3v) is 4.27. The summed E-state index contributed by atoms with van der Waals surface area (Å²) in [4.78, 5) is 36.1. The number of nitrogens with one attached hydrogen (secondary N) is 4. The predicted octanol–water partition coefficient (Wildman–Crippen LogP) is 3.18. The van der Waals surface area contributed by atoms with E-state index >= 15 is 0 Å². The van der Waals surface area contributed by atoms with Gasteiger partial charge in [0, 0.05) is 35.4 Å². The van der Waals surface area contributed by atoms with Gasteiger partial charge in [-0.05, 0) is 43.7 Å². The first-order chi connectivity index (χ1) is 13.0. The maximum atomic E-state index is 12.4. The molecule has 2 atom stereocenters. The molecule has 3 rings (SSSR count). The topological polar surface area (TPSA) is 99.3 Å². The van der Waals surface area contributed by atoms with Gasteiger partial charge in [0.15, 0.2) is 0 Å². The van der Waals surface area contributed by atoms with E-state index in [1.807, 2.05) is 25.1 Å². The largest absolute Gasteiger partial charge is 0.354 e. The van der Waals surface area contributed by atoms with Gasteiger partial charge in [-0.3, -0.25) is 9.59 Å². The van der Waals surface area contributed by atoms with E-state index in [1.165, 1.54) is 0 Å². The summed E-state index contributed by atoms with van der Waals surface area (Å²) in [7, 11) is 0. The highest BCUT2D eigenvalue weighted by Gasteiger charge is 2.29. The summed E-state index contributed by atoms with van der Waals surface area (Å²) >= 11 is 0. The highest BCUT2D eigenvalue weighted by Crippen LogP contribution is 2.21. The van der Waals surface area contributed by atoms with E-state index in [0.29, 0.717) is 23.5 Å². The lowest BCUT2D eigenvalue weighted by Crippen LogP contribution is -2.44. The van der Waals surface area contributed by atoms with Gasteiger partial charge in [-0.25, -0.2) is 4.79 Å². The van der Waals surface area contributed by atoms with E-state index in [9.17, 15) is 14.4 Å². The van der Waals surface area contributed by atoms with Crippen LogP contribution in [0.5, 0.6) is 0 Å². The first kappa shape index (κ1) is 18.4. The van der Waals surface area contributed by atoms with Crippen molar-refractivity contribution >= 4 is 34.9 Å². The average molecular weight is 366 g/mol. The fraction of sp³-hybridized carbons (Fsp3) is 0.250. The van der Waals surface area contributed by atoms with Crippen LogP contribution in [0, 0.1) is 5.92 Å². The molecular weight excluding hydrogens is 344 g/mol. The summed E-state index contributed by atoms with van der Waals surface area (Å²) in [6.07, 6.45) is 0.794. The zero-order valence-corrected chi connectivity index (χ0v) is 15.0. The number of para-hydroxylation sites is 1. The summed E-state index contributed by atoms with van der Waals surface area (Å²) in [6.45, 7) is 1.88. The van der Waals surface area contributed by atoms with E-state index in [2.05, 4.69) is 21.3 Å². The number of anilines is 3. The number of carbonyl (C=O) groups excluding carboxylic acids is 3. The molecule has 0 unspecified atom stereocenters. The fourth-order valence-electron chi connectivity index (χ4n) is 3.06. The van der Waals surface area contributed by atoms with E-state index in [0.717, 1.165) is 0 Å². The molecule has 0 saturated carbocycles. The Morgan fingerprint density at radius 2 is 1.56 bits per heavy atom. The number of hydrogen-bond donors (Lipinski definition) is 4. The minimum Gasteiger partial charge on any atom is -0.354 e. The van der Waals surface area contributed by atoms with Gasteiger partial charge in [0.05, 0.1) is 0 Å². The summed E-state index contributed by atoms with van der Waals surface area (Å²) < 4.78 is 0. The van der Waals surface area contributed by atoms with Crippen molar-refractivity contribution in [2.45, 2.75) is 25.8 Å². The van der Waals surface area contributed by atoms with Crippen LogP contribution >= 0.6 is 0 Å². The van der Waals surface area contributed by atoms with Crippen molar-refractivity contribution in [1.82, 2.24) is 5.32 Å². The number of urea groups is 1. The Hall–Kier alpha value is -3.35. The number of rotatable bonds is 4. The van der Waals surface area contributed by atoms with E-state index < -0.39 is 0 Å². The normalized spacial score (nSPS) is 18.9. The molecule has 7 nitrogen and oxygen atoms in total. The van der Waals surface area contributed by atoms with E-state index in [1.54, 1.807) is 36.4 Å². The second-order valence-electron chi connectivity index (χ2n) is 6.62. The first-order valence-corrected chi connectivity index (χ1v) is 8.83. The van der Waals surface area contributed by atoms with Crippen LogP contribution in [0.2, 0.25) is 0 Å². The highest BCUT2D eigenvalue weighted by atomic mass is 16.2. The molecule has 4 amide bonds. The Kier molecular flexibility index (Phi) is 5.71. The van der Waals surface area contributed by atoms with Crippen LogP contribution < -0.4 is 21.3 Å².